The first-order chi connectivity index (χ1) is 14.5. The molecule has 160 valence electrons. The molecule has 0 unspecified atom stereocenters. The van der Waals surface area contributed by atoms with Crippen LogP contribution >= 0.6 is 0 Å². The summed E-state index contributed by atoms with van der Waals surface area (Å²) in [5.41, 5.74) is 2.50. The van der Waals surface area contributed by atoms with Crippen LogP contribution in [0.4, 0.5) is 13.2 Å². The molecule has 2 aromatic rings. The lowest BCUT2D eigenvalue weighted by Gasteiger charge is -2.26. The number of unbranched alkanes of at least 4 members (excludes halogenated alkanes) is 2. The fourth-order valence-corrected chi connectivity index (χ4v) is 4.14. The van der Waals surface area contributed by atoms with Gasteiger partial charge in [-0.25, -0.2) is 8.78 Å². The molecule has 0 saturated heterocycles. The lowest BCUT2D eigenvalue weighted by Crippen LogP contribution is -2.12. The van der Waals surface area contributed by atoms with Crippen molar-refractivity contribution in [2.24, 2.45) is 5.92 Å². The molecule has 0 spiro atoms. The molecule has 4 heteroatoms. The number of methoxy groups -OCH3 is 1. The van der Waals surface area contributed by atoms with Crippen molar-refractivity contribution in [3.8, 4) is 17.6 Å². The summed E-state index contributed by atoms with van der Waals surface area (Å²) in [7, 11) is 1.10. The minimum absolute atomic E-state index is 0.113. The Balaban J connectivity index is 1.58. The van der Waals surface area contributed by atoms with E-state index in [2.05, 4.69) is 47.8 Å². The molecule has 0 aromatic heterocycles. The fraction of sp³-hybridized carbons (Fsp3) is 0.462. The number of hydrogen-bond donors (Lipinski definition) is 0. The van der Waals surface area contributed by atoms with Crippen LogP contribution in [0, 0.1) is 35.2 Å². The van der Waals surface area contributed by atoms with E-state index < -0.39 is 23.2 Å². The number of benzene rings is 2. The van der Waals surface area contributed by atoms with Crippen molar-refractivity contribution < 1.29 is 17.9 Å². The second-order valence-corrected chi connectivity index (χ2v) is 8.08. The zero-order chi connectivity index (χ0) is 21.5. The first-order valence-corrected chi connectivity index (χ1v) is 10.8. The quantitative estimate of drug-likeness (QED) is 0.277. The predicted octanol–water partition coefficient (Wildman–Crippen LogP) is 7.17. The first-order valence-electron chi connectivity index (χ1n) is 10.8. The van der Waals surface area contributed by atoms with Crippen molar-refractivity contribution in [2.45, 2.75) is 64.2 Å². The van der Waals surface area contributed by atoms with Crippen LogP contribution in [0.25, 0.3) is 0 Å². The lowest BCUT2D eigenvalue weighted by atomic mass is 9.78. The average molecular weight is 415 g/mol. The normalized spacial score (nSPS) is 18.6. The summed E-state index contributed by atoms with van der Waals surface area (Å²) in [5, 5.41) is 0. The summed E-state index contributed by atoms with van der Waals surface area (Å²) < 4.78 is 46.3. The average Bonchev–Trinajstić information content (AvgIpc) is 2.77. The summed E-state index contributed by atoms with van der Waals surface area (Å²) in [5.74, 6) is 2.14. The molecule has 1 nitrogen and oxygen atoms in total. The Hall–Kier alpha value is -2.41. The largest absolute Gasteiger partial charge is 0.491 e. The summed E-state index contributed by atoms with van der Waals surface area (Å²) in [6, 6.07) is 9.88. The molecule has 0 bridgehead atoms. The van der Waals surface area contributed by atoms with Gasteiger partial charge < -0.3 is 4.74 Å². The molecule has 0 atom stereocenters. The van der Waals surface area contributed by atoms with E-state index in [0.29, 0.717) is 5.92 Å². The van der Waals surface area contributed by atoms with Crippen LogP contribution in [0.2, 0.25) is 0 Å². The second-order valence-electron chi connectivity index (χ2n) is 8.08. The third-order valence-electron chi connectivity index (χ3n) is 5.98. The highest BCUT2D eigenvalue weighted by Gasteiger charge is 2.22. The van der Waals surface area contributed by atoms with Gasteiger partial charge in [0.15, 0.2) is 17.4 Å². The third-order valence-corrected chi connectivity index (χ3v) is 5.98. The fourth-order valence-electron chi connectivity index (χ4n) is 4.14. The van der Waals surface area contributed by atoms with Crippen molar-refractivity contribution >= 4 is 0 Å². The lowest BCUT2D eigenvalue weighted by molar-refractivity contribution is 0.346. The van der Waals surface area contributed by atoms with Gasteiger partial charge in [0.05, 0.1) is 12.7 Å². The summed E-state index contributed by atoms with van der Waals surface area (Å²) in [4.78, 5) is 0. The maximum absolute atomic E-state index is 14.1. The van der Waals surface area contributed by atoms with Crippen molar-refractivity contribution in [2.75, 3.05) is 7.11 Å². The SMILES string of the molecule is CCCCCc1ccc(C2CCC(C#Cc3cc(F)c(OC)c(F)c3F)CC2)cc1. The van der Waals surface area contributed by atoms with E-state index in [-0.39, 0.29) is 11.5 Å². The smallest absolute Gasteiger partial charge is 0.204 e. The van der Waals surface area contributed by atoms with Crippen LogP contribution in [-0.4, -0.2) is 7.11 Å². The van der Waals surface area contributed by atoms with Crippen LogP contribution in [0.5, 0.6) is 5.75 Å². The Morgan fingerprint density at radius 2 is 1.67 bits per heavy atom. The van der Waals surface area contributed by atoms with Gasteiger partial charge in [-0.1, -0.05) is 55.9 Å². The molecule has 1 saturated carbocycles. The van der Waals surface area contributed by atoms with Crippen LogP contribution < -0.4 is 4.74 Å². The second kappa shape index (κ2) is 10.6. The molecule has 3 rings (SSSR count). The van der Waals surface area contributed by atoms with Gasteiger partial charge in [0, 0.05) is 5.92 Å². The van der Waals surface area contributed by atoms with Gasteiger partial charge >= 0.3 is 0 Å². The molecule has 0 radical (unpaired) electrons. The van der Waals surface area contributed by atoms with E-state index in [1.54, 1.807) is 0 Å². The standard InChI is InChI=1S/C26H29F3O/c1-3-4-5-6-18-7-12-20(13-8-18)21-14-9-19(10-15-21)11-16-22-17-23(27)26(30-2)25(29)24(22)28/h7-8,12-13,17,19,21H,3-6,9-10,14-15H2,1-2H3. The molecular formula is C26H29F3O. The van der Waals surface area contributed by atoms with Crippen LogP contribution in [-0.2, 0) is 6.42 Å². The van der Waals surface area contributed by atoms with E-state index in [9.17, 15) is 13.2 Å². The summed E-state index contributed by atoms with van der Waals surface area (Å²) in [6.45, 7) is 2.22. The number of halogens is 3. The Morgan fingerprint density at radius 1 is 0.967 bits per heavy atom. The van der Waals surface area contributed by atoms with Crippen molar-refractivity contribution in [1.29, 1.82) is 0 Å². The molecule has 0 amide bonds. The van der Waals surface area contributed by atoms with Gasteiger partial charge in [-0.15, -0.1) is 0 Å². The summed E-state index contributed by atoms with van der Waals surface area (Å²) >= 11 is 0. The molecule has 2 aromatic carbocycles. The predicted molar refractivity (Wildman–Crippen MR) is 114 cm³/mol. The first kappa shape index (κ1) is 22.3. The molecule has 1 aliphatic rings. The number of ether oxygens (including phenoxy) is 1. The van der Waals surface area contributed by atoms with Crippen LogP contribution in [0.1, 0.15) is 74.5 Å². The summed E-state index contributed by atoms with van der Waals surface area (Å²) in [6.07, 6.45) is 8.72. The van der Waals surface area contributed by atoms with E-state index in [4.69, 9.17) is 0 Å². The van der Waals surface area contributed by atoms with E-state index in [1.807, 2.05) is 0 Å². The topological polar surface area (TPSA) is 9.23 Å². The van der Waals surface area contributed by atoms with Gasteiger partial charge in [-0.05, 0) is 61.6 Å². The minimum atomic E-state index is -1.33. The number of hydrogen-bond acceptors (Lipinski definition) is 1. The zero-order valence-electron chi connectivity index (χ0n) is 17.7. The Morgan fingerprint density at radius 3 is 2.30 bits per heavy atom. The Labute approximate surface area is 177 Å². The van der Waals surface area contributed by atoms with Gasteiger partial charge in [0.25, 0.3) is 0 Å². The van der Waals surface area contributed by atoms with Gasteiger partial charge in [-0.2, -0.15) is 4.39 Å². The molecule has 1 fully saturated rings. The van der Waals surface area contributed by atoms with Gasteiger partial charge in [-0.3, -0.25) is 0 Å². The van der Waals surface area contributed by atoms with Crippen molar-refractivity contribution in [3.05, 3.63) is 64.5 Å². The van der Waals surface area contributed by atoms with Crippen LogP contribution in [0.15, 0.2) is 30.3 Å². The molecule has 1 aliphatic carbocycles. The van der Waals surface area contributed by atoms with E-state index >= 15 is 0 Å². The molecule has 0 heterocycles. The van der Waals surface area contributed by atoms with Gasteiger partial charge in [0.1, 0.15) is 0 Å². The minimum Gasteiger partial charge on any atom is -0.491 e. The maximum Gasteiger partial charge on any atom is 0.204 e. The van der Waals surface area contributed by atoms with E-state index in [0.717, 1.165) is 45.3 Å². The number of rotatable bonds is 6. The molecule has 0 N–H and O–H groups in total. The Bertz CT molecular complexity index is 901. The van der Waals surface area contributed by atoms with Crippen LogP contribution in [0.3, 0.4) is 0 Å². The van der Waals surface area contributed by atoms with Gasteiger partial charge in [0.2, 0.25) is 5.82 Å². The van der Waals surface area contributed by atoms with Crippen molar-refractivity contribution in [3.63, 3.8) is 0 Å². The number of aryl methyl sites for hydroxylation is 1. The van der Waals surface area contributed by atoms with Crippen molar-refractivity contribution in [1.82, 2.24) is 0 Å². The molecule has 0 aliphatic heterocycles. The Kier molecular flexibility index (Phi) is 7.85. The van der Waals surface area contributed by atoms with E-state index in [1.165, 1.54) is 30.4 Å². The molecule has 30 heavy (non-hydrogen) atoms. The molecular weight excluding hydrogens is 385 g/mol. The highest BCUT2D eigenvalue weighted by molar-refractivity contribution is 5.42. The third kappa shape index (κ3) is 5.39. The highest BCUT2D eigenvalue weighted by Crippen LogP contribution is 2.36. The zero-order valence-corrected chi connectivity index (χ0v) is 17.7. The highest BCUT2D eigenvalue weighted by atomic mass is 19.2. The maximum atomic E-state index is 14.1. The monoisotopic (exact) mass is 414 g/mol.